The Bertz CT molecular complexity index is 867. The van der Waals surface area contributed by atoms with Crippen molar-refractivity contribution < 1.29 is 13.2 Å². The lowest BCUT2D eigenvalue weighted by Crippen LogP contribution is -2.47. The smallest absolute Gasteiger partial charge is 0.213 e. The molecule has 7 nitrogen and oxygen atoms in total. The summed E-state index contributed by atoms with van der Waals surface area (Å²) >= 11 is 0. The highest BCUT2D eigenvalue weighted by atomic mass is 127. The van der Waals surface area contributed by atoms with Gasteiger partial charge in [-0.25, -0.2) is 13.1 Å². The van der Waals surface area contributed by atoms with Crippen molar-refractivity contribution in [1.82, 2.24) is 15.4 Å². The van der Waals surface area contributed by atoms with Crippen molar-refractivity contribution in [3.8, 4) is 5.75 Å². The molecule has 3 aliphatic rings. The van der Waals surface area contributed by atoms with Gasteiger partial charge in [-0.3, -0.25) is 4.99 Å². The van der Waals surface area contributed by atoms with Gasteiger partial charge in [-0.2, -0.15) is 0 Å². The fraction of sp³-hybridized carbons (Fsp3) is 0.682. The van der Waals surface area contributed by atoms with Gasteiger partial charge in [-0.05, 0) is 50.5 Å². The second-order valence-corrected chi connectivity index (χ2v) is 10.8. The zero-order valence-electron chi connectivity index (χ0n) is 18.2. The molecule has 2 saturated carbocycles. The number of hydrogen-bond donors (Lipinski definition) is 3. The van der Waals surface area contributed by atoms with Crippen molar-refractivity contribution in [2.75, 3.05) is 25.9 Å². The molecule has 1 aromatic carbocycles. The van der Waals surface area contributed by atoms with Crippen LogP contribution in [-0.4, -0.2) is 45.9 Å². The van der Waals surface area contributed by atoms with Gasteiger partial charge in [0.25, 0.3) is 0 Å². The van der Waals surface area contributed by atoms with Gasteiger partial charge in [-0.15, -0.1) is 24.0 Å². The Morgan fingerprint density at radius 2 is 1.94 bits per heavy atom. The number of para-hydroxylation sites is 1. The highest BCUT2D eigenvalue weighted by Gasteiger charge is 2.43. The average molecular weight is 563 g/mol. The zero-order valence-corrected chi connectivity index (χ0v) is 21.4. The van der Waals surface area contributed by atoms with Crippen molar-refractivity contribution in [1.29, 1.82) is 0 Å². The standard InChI is InChI=1S/C22H34N4O3S.HI/c1-23-21(24-13-14-30(27,28)25-16-17-7-6-8-17)26-19-15-22(11-4-5-12-22)29-20-10-3-2-9-18(19)20;/h2-3,9-10,17,19,25H,4-8,11-16H2,1H3,(H2,23,24,26);1H. The normalized spacial score (nSPS) is 22.7. The molecule has 0 bridgehead atoms. The minimum atomic E-state index is -3.27. The van der Waals surface area contributed by atoms with Gasteiger partial charge in [0.1, 0.15) is 11.4 Å². The summed E-state index contributed by atoms with van der Waals surface area (Å²) in [7, 11) is -1.55. The van der Waals surface area contributed by atoms with Crippen LogP contribution in [0.1, 0.15) is 63.0 Å². The molecule has 1 aromatic rings. The van der Waals surface area contributed by atoms with Gasteiger partial charge in [0.15, 0.2) is 5.96 Å². The molecule has 2 aliphatic carbocycles. The molecule has 174 valence electrons. The molecule has 3 N–H and O–H groups in total. The zero-order chi connectivity index (χ0) is 21.0. The summed E-state index contributed by atoms with van der Waals surface area (Å²) < 4.78 is 33.6. The van der Waals surface area contributed by atoms with E-state index in [1.54, 1.807) is 7.05 Å². The highest BCUT2D eigenvalue weighted by molar-refractivity contribution is 14.0. The fourth-order valence-electron chi connectivity index (χ4n) is 4.75. The number of sulfonamides is 1. The van der Waals surface area contributed by atoms with Crippen LogP contribution in [0.5, 0.6) is 5.75 Å². The first kappa shape index (κ1) is 24.6. The van der Waals surface area contributed by atoms with Crippen LogP contribution < -0.4 is 20.1 Å². The predicted octanol–water partition coefficient (Wildman–Crippen LogP) is 3.33. The van der Waals surface area contributed by atoms with E-state index in [0.717, 1.165) is 43.4 Å². The SMILES string of the molecule is CN=C(NCCS(=O)(=O)NCC1CCC1)NC1CC2(CCCC2)Oc2ccccc21.I. The summed E-state index contributed by atoms with van der Waals surface area (Å²) in [6.45, 7) is 0.881. The van der Waals surface area contributed by atoms with Gasteiger partial charge in [0.05, 0.1) is 11.8 Å². The number of fused-ring (bicyclic) bond motifs is 1. The third-order valence-electron chi connectivity index (χ3n) is 6.73. The molecule has 9 heteroatoms. The summed E-state index contributed by atoms with van der Waals surface area (Å²) in [5.74, 6) is 2.12. The fourth-order valence-corrected chi connectivity index (χ4v) is 5.75. The second-order valence-electron chi connectivity index (χ2n) is 8.89. The molecule has 31 heavy (non-hydrogen) atoms. The van der Waals surface area contributed by atoms with E-state index in [-0.39, 0.29) is 41.4 Å². The second kappa shape index (κ2) is 10.7. The van der Waals surface area contributed by atoms with Crippen LogP contribution in [-0.2, 0) is 10.0 Å². The van der Waals surface area contributed by atoms with Crippen molar-refractivity contribution in [3.63, 3.8) is 0 Å². The third-order valence-corrected chi connectivity index (χ3v) is 8.07. The Balaban J connectivity index is 0.00000272. The van der Waals surface area contributed by atoms with Crippen molar-refractivity contribution >= 4 is 40.0 Å². The van der Waals surface area contributed by atoms with Crippen molar-refractivity contribution in [3.05, 3.63) is 29.8 Å². The Kier molecular flexibility index (Phi) is 8.48. The molecule has 0 saturated heterocycles. The number of benzene rings is 1. The van der Waals surface area contributed by atoms with Crippen LogP contribution in [0.2, 0.25) is 0 Å². The maximum atomic E-state index is 12.2. The van der Waals surface area contributed by atoms with Gasteiger partial charge in [0.2, 0.25) is 10.0 Å². The van der Waals surface area contributed by atoms with Crippen LogP contribution in [0.15, 0.2) is 29.3 Å². The van der Waals surface area contributed by atoms with Gasteiger partial charge in [-0.1, -0.05) is 24.6 Å². The van der Waals surface area contributed by atoms with Crippen LogP contribution in [0.4, 0.5) is 0 Å². The summed E-state index contributed by atoms with van der Waals surface area (Å²) in [5, 5.41) is 6.69. The molecule has 0 amide bonds. The van der Waals surface area contributed by atoms with E-state index in [2.05, 4.69) is 26.4 Å². The molecule has 1 atom stereocenters. The molecule has 1 aliphatic heterocycles. The molecule has 1 spiro atoms. The number of guanidine groups is 1. The molecule has 0 radical (unpaired) electrons. The van der Waals surface area contributed by atoms with Crippen molar-refractivity contribution in [2.45, 2.75) is 63.0 Å². The Labute approximate surface area is 203 Å². The summed E-state index contributed by atoms with van der Waals surface area (Å²) in [6, 6.07) is 8.27. The summed E-state index contributed by atoms with van der Waals surface area (Å²) in [6.07, 6.45) is 8.93. The molecule has 2 fully saturated rings. The maximum absolute atomic E-state index is 12.2. The van der Waals surface area contributed by atoms with Gasteiger partial charge < -0.3 is 15.4 Å². The molecule has 0 aromatic heterocycles. The molecular weight excluding hydrogens is 527 g/mol. The first-order valence-electron chi connectivity index (χ1n) is 11.2. The van der Waals surface area contributed by atoms with E-state index in [1.807, 2.05) is 18.2 Å². The summed E-state index contributed by atoms with van der Waals surface area (Å²) in [5.41, 5.74) is 1.03. The number of nitrogens with one attached hydrogen (secondary N) is 3. The van der Waals surface area contributed by atoms with E-state index in [9.17, 15) is 8.42 Å². The first-order chi connectivity index (χ1) is 14.5. The van der Waals surface area contributed by atoms with E-state index >= 15 is 0 Å². The predicted molar refractivity (Wildman–Crippen MR) is 135 cm³/mol. The molecular formula is C22H35IN4O3S. The minimum absolute atomic E-state index is 0. The van der Waals surface area contributed by atoms with Crippen LogP contribution in [0.3, 0.4) is 0 Å². The molecule has 4 rings (SSSR count). The number of halogens is 1. The average Bonchev–Trinajstić information content (AvgIpc) is 3.13. The largest absolute Gasteiger partial charge is 0.487 e. The van der Waals surface area contributed by atoms with Crippen LogP contribution >= 0.6 is 24.0 Å². The highest BCUT2D eigenvalue weighted by Crippen LogP contribution is 2.46. The van der Waals surface area contributed by atoms with E-state index in [4.69, 9.17) is 4.74 Å². The van der Waals surface area contributed by atoms with E-state index < -0.39 is 10.0 Å². The number of hydrogen-bond acceptors (Lipinski definition) is 4. The summed E-state index contributed by atoms with van der Waals surface area (Å²) in [4.78, 5) is 4.32. The Morgan fingerprint density at radius 1 is 1.19 bits per heavy atom. The van der Waals surface area contributed by atoms with E-state index in [1.165, 1.54) is 19.3 Å². The molecule has 1 unspecified atom stereocenters. The number of aliphatic imine (C=N–C) groups is 1. The molecule has 1 heterocycles. The van der Waals surface area contributed by atoms with Gasteiger partial charge in [0, 0.05) is 32.1 Å². The number of ether oxygens (including phenoxy) is 1. The third kappa shape index (κ3) is 6.25. The van der Waals surface area contributed by atoms with E-state index in [0.29, 0.717) is 25.0 Å². The lowest BCUT2D eigenvalue weighted by molar-refractivity contribution is 0.0396. The van der Waals surface area contributed by atoms with Crippen LogP contribution in [0, 0.1) is 5.92 Å². The number of nitrogens with zero attached hydrogens (tertiary/aromatic N) is 1. The Hall–Kier alpha value is -1.07. The maximum Gasteiger partial charge on any atom is 0.213 e. The lowest BCUT2D eigenvalue weighted by Gasteiger charge is -2.40. The minimum Gasteiger partial charge on any atom is -0.487 e. The quantitative estimate of drug-likeness (QED) is 0.270. The Morgan fingerprint density at radius 3 is 2.61 bits per heavy atom. The van der Waals surface area contributed by atoms with Gasteiger partial charge >= 0.3 is 0 Å². The topological polar surface area (TPSA) is 91.8 Å². The number of rotatable bonds is 7. The van der Waals surface area contributed by atoms with Crippen molar-refractivity contribution in [2.24, 2.45) is 10.9 Å². The van der Waals surface area contributed by atoms with Crippen LogP contribution in [0.25, 0.3) is 0 Å². The first-order valence-corrected chi connectivity index (χ1v) is 12.9. The monoisotopic (exact) mass is 562 g/mol. The lowest BCUT2D eigenvalue weighted by atomic mass is 9.86.